The number of hydrogen-bond acceptors (Lipinski definition) is 5. The van der Waals surface area contributed by atoms with Crippen molar-refractivity contribution in [3.8, 4) is 11.5 Å². The summed E-state index contributed by atoms with van der Waals surface area (Å²) in [7, 11) is 0. The Morgan fingerprint density at radius 3 is 2.80 bits per heavy atom. The maximum Gasteiger partial charge on any atom is 0.343 e. The Morgan fingerprint density at radius 2 is 2.13 bits per heavy atom. The molecular formula is C10H11NO4. The van der Waals surface area contributed by atoms with Crippen LogP contribution in [-0.2, 0) is 4.74 Å². The third-order valence-electron chi connectivity index (χ3n) is 2.42. The number of cyclic esters (lactones) is 1. The number of ether oxygens (including phenoxy) is 1. The van der Waals surface area contributed by atoms with Crippen molar-refractivity contribution in [3.63, 3.8) is 0 Å². The van der Waals surface area contributed by atoms with Crippen molar-refractivity contribution in [2.24, 2.45) is 5.73 Å². The number of carbonyl (C=O) groups excluding carboxylic acids is 1. The molecule has 0 bridgehead atoms. The second-order valence-electron chi connectivity index (χ2n) is 3.37. The molecule has 0 aromatic heterocycles. The summed E-state index contributed by atoms with van der Waals surface area (Å²) in [6, 6.07) is 2.90. The Hall–Kier alpha value is -1.75. The second kappa shape index (κ2) is 3.43. The Labute approximate surface area is 86.1 Å². The van der Waals surface area contributed by atoms with Crippen molar-refractivity contribution in [3.05, 3.63) is 23.3 Å². The van der Waals surface area contributed by atoms with Gasteiger partial charge in [-0.1, -0.05) is 6.07 Å². The van der Waals surface area contributed by atoms with Crippen molar-refractivity contribution in [2.75, 3.05) is 6.54 Å². The molecule has 0 amide bonds. The molecule has 15 heavy (non-hydrogen) atoms. The van der Waals surface area contributed by atoms with E-state index in [0.717, 1.165) is 0 Å². The number of rotatable bonds is 2. The zero-order valence-electron chi connectivity index (χ0n) is 7.93. The molecule has 1 aromatic rings. The highest BCUT2D eigenvalue weighted by Gasteiger charge is 2.34. The van der Waals surface area contributed by atoms with Crippen molar-refractivity contribution < 1.29 is 19.7 Å². The summed E-state index contributed by atoms with van der Waals surface area (Å²) >= 11 is 0. The summed E-state index contributed by atoms with van der Waals surface area (Å²) < 4.78 is 5.02. The molecule has 1 atom stereocenters. The van der Waals surface area contributed by atoms with Crippen molar-refractivity contribution in [2.45, 2.75) is 12.5 Å². The highest BCUT2D eigenvalue weighted by molar-refractivity contribution is 5.97. The normalized spacial score (nSPS) is 18.7. The van der Waals surface area contributed by atoms with Gasteiger partial charge in [0.25, 0.3) is 0 Å². The number of phenols is 2. The SMILES string of the molecule is NCC[C@@H]1OC(=O)c2c1ccc(O)c2O. The Morgan fingerprint density at radius 1 is 1.40 bits per heavy atom. The topological polar surface area (TPSA) is 92.8 Å². The van der Waals surface area contributed by atoms with Gasteiger partial charge in [-0.3, -0.25) is 0 Å². The first kappa shape index (κ1) is 9.79. The number of esters is 1. The van der Waals surface area contributed by atoms with Crippen molar-refractivity contribution in [1.29, 1.82) is 0 Å². The first-order valence-electron chi connectivity index (χ1n) is 4.61. The van der Waals surface area contributed by atoms with Gasteiger partial charge in [0.15, 0.2) is 11.5 Å². The molecule has 80 valence electrons. The summed E-state index contributed by atoms with van der Waals surface area (Å²) in [6.07, 6.45) is 0.0900. The van der Waals surface area contributed by atoms with Gasteiger partial charge in [0.2, 0.25) is 0 Å². The van der Waals surface area contributed by atoms with Gasteiger partial charge < -0.3 is 20.7 Å². The minimum absolute atomic E-state index is 0.0495. The lowest BCUT2D eigenvalue weighted by molar-refractivity contribution is 0.0372. The van der Waals surface area contributed by atoms with E-state index in [2.05, 4.69) is 0 Å². The van der Waals surface area contributed by atoms with Crippen LogP contribution < -0.4 is 5.73 Å². The van der Waals surface area contributed by atoms with E-state index in [1.807, 2.05) is 0 Å². The van der Waals surface area contributed by atoms with Gasteiger partial charge in [-0.05, 0) is 12.6 Å². The monoisotopic (exact) mass is 209 g/mol. The van der Waals surface area contributed by atoms with Gasteiger partial charge in [-0.25, -0.2) is 4.79 Å². The lowest BCUT2D eigenvalue weighted by Gasteiger charge is -2.08. The van der Waals surface area contributed by atoms with Crippen LogP contribution in [0.2, 0.25) is 0 Å². The zero-order chi connectivity index (χ0) is 11.0. The van der Waals surface area contributed by atoms with Crippen LogP contribution in [0.25, 0.3) is 0 Å². The standard InChI is InChI=1S/C10H11NO4/c11-4-3-7-5-1-2-6(12)9(13)8(5)10(14)15-7/h1-2,7,12-13H,3-4,11H2/t7-/m0/s1. The third kappa shape index (κ3) is 1.41. The van der Waals surface area contributed by atoms with E-state index >= 15 is 0 Å². The first-order chi connectivity index (χ1) is 7.15. The molecule has 0 saturated carbocycles. The quantitative estimate of drug-likeness (QED) is 0.491. The molecule has 1 aliphatic rings. The highest BCUT2D eigenvalue weighted by atomic mass is 16.5. The summed E-state index contributed by atoms with van der Waals surface area (Å²) in [5.74, 6) is -1.35. The number of hydrogen-bond donors (Lipinski definition) is 3. The van der Waals surface area contributed by atoms with E-state index in [0.29, 0.717) is 18.5 Å². The second-order valence-corrected chi connectivity index (χ2v) is 3.37. The number of benzene rings is 1. The molecule has 1 aromatic carbocycles. The Balaban J connectivity index is 2.50. The molecule has 0 fully saturated rings. The molecule has 5 heteroatoms. The largest absolute Gasteiger partial charge is 0.504 e. The maximum absolute atomic E-state index is 11.4. The molecule has 0 unspecified atom stereocenters. The number of carbonyl (C=O) groups is 1. The van der Waals surface area contributed by atoms with E-state index in [1.165, 1.54) is 6.07 Å². The van der Waals surface area contributed by atoms with Gasteiger partial charge in [-0.2, -0.15) is 0 Å². The van der Waals surface area contributed by atoms with Crippen LogP contribution in [0.15, 0.2) is 12.1 Å². The van der Waals surface area contributed by atoms with E-state index in [-0.39, 0.29) is 11.3 Å². The number of phenolic OH excluding ortho intramolecular Hbond substituents is 2. The van der Waals surface area contributed by atoms with E-state index in [9.17, 15) is 15.0 Å². The van der Waals surface area contributed by atoms with Gasteiger partial charge in [-0.15, -0.1) is 0 Å². The number of fused-ring (bicyclic) bond motifs is 1. The molecule has 0 spiro atoms. The van der Waals surface area contributed by atoms with Crippen molar-refractivity contribution in [1.82, 2.24) is 0 Å². The van der Waals surface area contributed by atoms with Crippen LogP contribution in [0.5, 0.6) is 11.5 Å². The average molecular weight is 209 g/mol. The molecule has 5 nitrogen and oxygen atoms in total. The maximum atomic E-state index is 11.4. The molecule has 4 N–H and O–H groups in total. The molecule has 0 radical (unpaired) electrons. The number of nitrogens with two attached hydrogens (primary N) is 1. The minimum atomic E-state index is -0.614. The molecular weight excluding hydrogens is 198 g/mol. The molecule has 2 rings (SSSR count). The molecule has 1 heterocycles. The van der Waals surface area contributed by atoms with Crippen LogP contribution in [0, 0.1) is 0 Å². The Kier molecular flexibility index (Phi) is 2.24. The summed E-state index contributed by atoms with van der Waals surface area (Å²) in [4.78, 5) is 11.4. The van der Waals surface area contributed by atoms with Crippen LogP contribution in [0.4, 0.5) is 0 Å². The van der Waals surface area contributed by atoms with Crippen LogP contribution in [0.1, 0.15) is 28.4 Å². The Bertz CT molecular complexity index is 416. The minimum Gasteiger partial charge on any atom is -0.504 e. The summed E-state index contributed by atoms with van der Waals surface area (Å²) in [5, 5.41) is 18.7. The van der Waals surface area contributed by atoms with E-state index in [4.69, 9.17) is 10.5 Å². The van der Waals surface area contributed by atoms with E-state index < -0.39 is 17.8 Å². The first-order valence-corrected chi connectivity index (χ1v) is 4.61. The van der Waals surface area contributed by atoms with Crippen LogP contribution >= 0.6 is 0 Å². The molecule has 0 aliphatic carbocycles. The fourth-order valence-corrected chi connectivity index (χ4v) is 1.70. The fourth-order valence-electron chi connectivity index (χ4n) is 1.70. The van der Waals surface area contributed by atoms with E-state index in [1.54, 1.807) is 6.07 Å². The average Bonchev–Trinajstić information content (AvgIpc) is 2.51. The van der Waals surface area contributed by atoms with Gasteiger partial charge in [0.1, 0.15) is 11.7 Å². The lowest BCUT2D eigenvalue weighted by Crippen LogP contribution is -2.06. The summed E-state index contributed by atoms with van der Waals surface area (Å²) in [5.41, 5.74) is 6.01. The predicted octanol–water partition coefficient (Wildman–Crippen LogP) is 0.658. The summed E-state index contributed by atoms with van der Waals surface area (Å²) in [6.45, 7) is 0.388. The van der Waals surface area contributed by atoms with Gasteiger partial charge >= 0.3 is 5.97 Å². The highest BCUT2D eigenvalue weighted by Crippen LogP contribution is 2.41. The predicted molar refractivity (Wildman–Crippen MR) is 51.6 cm³/mol. The van der Waals surface area contributed by atoms with Crippen molar-refractivity contribution >= 4 is 5.97 Å². The molecule has 1 aliphatic heterocycles. The van der Waals surface area contributed by atoms with Gasteiger partial charge in [0.05, 0.1) is 0 Å². The lowest BCUT2D eigenvalue weighted by atomic mass is 10.0. The fraction of sp³-hybridized carbons (Fsp3) is 0.300. The van der Waals surface area contributed by atoms with Crippen LogP contribution in [-0.4, -0.2) is 22.7 Å². The van der Waals surface area contributed by atoms with Gasteiger partial charge in [0, 0.05) is 12.0 Å². The third-order valence-corrected chi connectivity index (χ3v) is 2.42. The molecule has 0 saturated heterocycles. The van der Waals surface area contributed by atoms with Crippen LogP contribution in [0.3, 0.4) is 0 Å². The smallest absolute Gasteiger partial charge is 0.343 e. The zero-order valence-corrected chi connectivity index (χ0v) is 7.93. The number of aromatic hydroxyl groups is 2.